The van der Waals surface area contributed by atoms with Crippen LogP contribution in [0.5, 0.6) is 11.5 Å². The number of imide groups is 2. The predicted molar refractivity (Wildman–Crippen MR) is 400 cm³/mol. The van der Waals surface area contributed by atoms with Crippen LogP contribution in [0.4, 0.5) is 0 Å². The maximum Gasteiger partial charge on any atom is 0.263 e. The summed E-state index contributed by atoms with van der Waals surface area (Å²) < 4.78 is 15.7. The van der Waals surface area contributed by atoms with Crippen LogP contribution in [0.1, 0.15) is 273 Å². The van der Waals surface area contributed by atoms with E-state index < -0.39 is 0 Å². The molecule has 10 rings (SSSR count). The van der Waals surface area contributed by atoms with Crippen LogP contribution < -0.4 is 9.47 Å². The van der Waals surface area contributed by atoms with Gasteiger partial charge in [-0.1, -0.05) is 220 Å². The molecule has 8 nitrogen and oxygen atoms in total. The second kappa shape index (κ2) is 34.5. The fourth-order valence-corrected chi connectivity index (χ4v) is 20.0. The van der Waals surface area contributed by atoms with Crippen LogP contribution in [0.2, 0.25) is 0 Å². The lowest BCUT2D eigenvalue weighted by Crippen LogP contribution is -2.31. The number of carbonyl (C=O) groups is 4. The second-order valence-corrected chi connectivity index (χ2v) is 32.2. The molecule has 0 aliphatic carbocycles. The molecule has 0 spiro atoms. The lowest BCUT2D eigenvalue weighted by molar-refractivity contribution is 0.0636. The quantitative estimate of drug-likeness (QED) is 0.0280. The molecule has 93 heavy (non-hydrogen) atoms. The highest BCUT2D eigenvalue weighted by Crippen LogP contribution is 2.56. The second-order valence-electron chi connectivity index (χ2n) is 26.5. The summed E-state index contributed by atoms with van der Waals surface area (Å²) in [4.78, 5) is 69.4. The number of thiophene rings is 5. The normalized spacial score (nSPS) is 13.8. The Bertz CT molecular complexity index is 3700. The fraction of sp³-hybridized carbons (Fsp3) is 0.525. The van der Waals surface area contributed by atoms with E-state index in [0.717, 1.165) is 142 Å². The van der Waals surface area contributed by atoms with E-state index in [9.17, 15) is 9.59 Å². The monoisotopic (exact) mass is 1350 g/mol. The van der Waals surface area contributed by atoms with Crippen LogP contribution in [-0.4, -0.2) is 59.7 Å². The molecule has 2 atom stereocenters. The standard InChI is InChI=1S/C80H102N2O6S5/c1-9-15-19-21-23-25-27-29-31-33-45-81-77(83)66-54(8)90-74(69(66)78(81)84)63-43-44-64(91-63)75-70-71(80(86)82(79(70)85)46-34-32-30-28-26-24-22-20-16-10-2)76(93-75)65-50-62-68(58-40-36-42-60(49-58)88-52-56(14-6)38-18-12-4)72-61(47-53(7)89-72)67(73(62)92-65)57-39-35-41-59(48-57)87-51-55(13-5)37-17-11-3/h35-36,39-44,47-50,55-56H,9-34,37-38,45-46,51-52H2,1-8H3. The van der Waals surface area contributed by atoms with Gasteiger partial charge in [-0.05, 0) is 111 Å². The van der Waals surface area contributed by atoms with Crippen molar-refractivity contribution >= 4 is 100 Å². The molecular formula is C80H102N2O6S5. The van der Waals surface area contributed by atoms with E-state index in [1.807, 2.05) is 24.3 Å². The van der Waals surface area contributed by atoms with Crippen molar-refractivity contribution in [2.75, 3.05) is 26.3 Å². The van der Waals surface area contributed by atoms with Gasteiger partial charge in [-0.25, -0.2) is 0 Å². The Balaban J connectivity index is 1.04. The maximum absolute atomic E-state index is 15.4. The van der Waals surface area contributed by atoms with Crippen molar-refractivity contribution in [2.24, 2.45) is 11.8 Å². The van der Waals surface area contributed by atoms with Gasteiger partial charge in [-0.3, -0.25) is 29.0 Å². The highest BCUT2D eigenvalue weighted by atomic mass is 32.1. The molecule has 498 valence electrons. The first-order valence-electron chi connectivity index (χ1n) is 36.0. The van der Waals surface area contributed by atoms with Gasteiger partial charge >= 0.3 is 0 Å². The van der Waals surface area contributed by atoms with Crippen LogP contribution in [0, 0.1) is 25.7 Å². The van der Waals surface area contributed by atoms with E-state index >= 15 is 9.59 Å². The number of aryl methyl sites for hydroxylation is 2. The first-order chi connectivity index (χ1) is 45.4. The number of benzene rings is 3. The highest BCUT2D eigenvalue weighted by Gasteiger charge is 2.44. The smallest absolute Gasteiger partial charge is 0.263 e. The van der Waals surface area contributed by atoms with Crippen LogP contribution in [0.25, 0.3) is 71.7 Å². The first kappa shape index (κ1) is 70.4. The van der Waals surface area contributed by atoms with E-state index in [1.54, 1.807) is 22.7 Å². The van der Waals surface area contributed by atoms with Gasteiger partial charge in [0.25, 0.3) is 23.6 Å². The zero-order valence-corrected chi connectivity index (χ0v) is 61.2. The van der Waals surface area contributed by atoms with Crippen molar-refractivity contribution in [1.82, 2.24) is 9.80 Å². The minimum absolute atomic E-state index is 0.187. The van der Waals surface area contributed by atoms with Crippen LogP contribution in [0.15, 0.2) is 72.8 Å². The summed E-state index contributed by atoms with van der Waals surface area (Å²) in [5.41, 5.74) is 6.41. The van der Waals surface area contributed by atoms with Crippen LogP contribution >= 0.6 is 56.7 Å². The largest absolute Gasteiger partial charge is 0.493 e. The SMILES string of the molecule is CCCCCCCCCCCCN1C(=O)c2c(C)sc(-c3ccc(-c4sc(-c5cc6c(-c7cccc(OCC(CC)CCCC)c7)c7sc(C)cc7c(-c7cccc(OCC(CC)CCCC)c7)c6s5)c5c4C(=O)N(CCCCCCCCCCCC)C5=O)s3)c2C1=O. The molecule has 4 amide bonds. The lowest BCUT2D eigenvalue weighted by atomic mass is 9.93. The predicted octanol–water partition coefficient (Wildman–Crippen LogP) is 25.5. The summed E-state index contributed by atoms with van der Waals surface area (Å²) in [5.74, 6) is 1.82. The van der Waals surface area contributed by atoms with Crippen molar-refractivity contribution in [3.05, 3.63) is 105 Å². The van der Waals surface area contributed by atoms with Crippen molar-refractivity contribution in [1.29, 1.82) is 0 Å². The van der Waals surface area contributed by atoms with Crippen molar-refractivity contribution < 1.29 is 28.7 Å². The number of ether oxygens (including phenoxy) is 2. The molecule has 0 bridgehead atoms. The molecule has 3 aromatic carbocycles. The van der Waals surface area contributed by atoms with Crippen LogP contribution in [-0.2, 0) is 0 Å². The summed E-state index contributed by atoms with van der Waals surface area (Å²) in [6.07, 6.45) is 32.6. The van der Waals surface area contributed by atoms with Gasteiger partial charge in [0.1, 0.15) is 11.5 Å². The molecule has 0 saturated carbocycles. The zero-order valence-electron chi connectivity index (χ0n) is 57.1. The van der Waals surface area contributed by atoms with E-state index in [0.29, 0.717) is 60.4 Å². The van der Waals surface area contributed by atoms with Crippen molar-refractivity contribution in [3.8, 4) is 63.0 Å². The van der Waals surface area contributed by atoms with Gasteiger partial charge in [0, 0.05) is 68.8 Å². The summed E-state index contributed by atoms with van der Waals surface area (Å²) >= 11 is 8.11. The lowest BCUT2D eigenvalue weighted by Gasteiger charge is -2.17. The number of hydrogen-bond acceptors (Lipinski definition) is 11. The molecule has 0 N–H and O–H groups in total. The van der Waals surface area contributed by atoms with Gasteiger partial charge in [0.2, 0.25) is 0 Å². The number of fused-ring (bicyclic) bond motifs is 4. The Morgan fingerprint density at radius 3 is 1.24 bits per heavy atom. The average Bonchev–Trinajstić information content (AvgIpc) is 1.59. The number of hydrogen-bond donors (Lipinski definition) is 0. The third-order valence-electron chi connectivity index (χ3n) is 19.5. The highest BCUT2D eigenvalue weighted by molar-refractivity contribution is 7.30. The third-order valence-corrected chi connectivity index (χ3v) is 25.6. The Kier molecular flexibility index (Phi) is 26.1. The molecule has 0 radical (unpaired) electrons. The molecule has 2 unspecified atom stereocenters. The Labute approximate surface area is 575 Å². The molecule has 5 aromatic heterocycles. The van der Waals surface area contributed by atoms with Gasteiger partial charge in [-0.2, -0.15) is 0 Å². The summed E-state index contributed by atoms with van der Waals surface area (Å²) in [6, 6.07) is 26.0. The average molecular weight is 1350 g/mol. The van der Waals surface area contributed by atoms with E-state index in [4.69, 9.17) is 9.47 Å². The molecule has 0 saturated heterocycles. The third kappa shape index (κ3) is 16.5. The Hall–Kier alpha value is -5.44. The number of amides is 4. The molecule has 2 aliphatic rings. The molecule has 13 heteroatoms. The van der Waals surface area contributed by atoms with Gasteiger partial charge in [-0.15, -0.1) is 56.7 Å². The maximum atomic E-state index is 15.4. The Morgan fingerprint density at radius 2 is 0.774 bits per heavy atom. The number of rotatable bonds is 41. The number of nitrogens with zero attached hydrogens (tertiary/aromatic N) is 2. The molecule has 7 heterocycles. The molecule has 2 aliphatic heterocycles. The summed E-state index contributed by atoms with van der Waals surface area (Å²) in [6.45, 7) is 19.8. The van der Waals surface area contributed by atoms with E-state index in [-0.39, 0.29) is 23.6 Å². The molecule has 0 fully saturated rings. The first-order valence-corrected chi connectivity index (χ1v) is 40.1. The zero-order chi connectivity index (χ0) is 65.4. The number of carbonyl (C=O) groups excluding carboxylic acids is 4. The topological polar surface area (TPSA) is 93.2 Å². The minimum atomic E-state index is -0.234. The van der Waals surface area contributed by atoms with Gasteiger partial charge in [0.15, 0.2) is 0 Å². The van der Waals surface area contributed by atoms with Gasteiger partial charge < -0.3 is 9.47 Å². The molecule has 8 aromatic rings. The van der Waals surface area contributed by atoms with Crippen molar-refractivity contribution in [3.63, 3.8) is 0 Å². The number of unbranched alkanes of at least 4 members (excludes halogenated alkanes) is 20. The summed E-state index contributed by atoms with van der Waals surface area (Å²) in [7, 11) is 0. The Morgan fingerprint density at radius 1 is 0.376 bits per heavy atom. The fourth-order valence-electron chi connectivity index (χ4n) is 13.9. The van der Waals surface area contributed by atoms with Crippen LogP contribution in [0.3, 0.4) is 0 Å². The minimum Gasteiger partial charge on any atom is -0.493 e. The van der Waals surface area contributed by atoms with Crippen molar-refractivity contribution in [2.45, 2.75) is 235 Å². The molecular weight excluding hydrogens is 1250 g/mol. The van der Waals surface area contributed by atoms with E-state index in [2.05, 4.69) is 115 Å². The summed E-state index contributed by atoms with van der Waals surface area (Å²) in [5, 5.41) is 2.26. The van der Waals surface area contributed by atoms with E-state index in [1.165, 1.54) is 163 Å². The van der Waals surface area contributed by atoms with Gasteiger partial charge in [0.05, 0.1) is 50.1 Å².